The Kier molecular flexibility index (Phi) is 7.15. The number of carboxylic acids is 1. The Balaban J connectivity index is 2.61. The largest absolute Gasteiger partial charge is 0.481 e. The number of nitrogens with two attached hydrogens (primary N) is 1. The first-order valence-corrected chi connectivity index (χ1v) is 8.10. The van der Waals surface area contributed by atoms with Gasteiger partial charge in [0.05, 0.1) is 12.0 Å². The second-order valence-electron chi connectivity index (χ2n) is 6.90. The number of amides is 1. The van der Waals surface area contributed by atoms with Crippen LogP contribution < -0.4 is 11.1 Å². The van der Waals surface area contributed by atoms with Crippen LogP contribution in [0.1, 0.15) is 65.2 Å². The molecule has 1 aliphatic carbocycles. The molecule has 1 saturated carbocycles. The quantitative estimate of drug-likeness (QED) is 0.641. The normalized spacial score (nSPS) is 19.2. The van der Waals surface area contributed by atoms with Crippen LogP contribution in [0.3, 0.4) is 0 Å². The van der Waals surface area contributed by atoms with Crippen LogP contribution in [0, 0.1) is 11.8 Å². The van der Waals surface area contributed by atoms with E-state index < -0.39 is 11.5 Å². The van der Waals surface area contributed by atoms with E-state index >= 15 is 0 Å². The summed E-state index contributed by atoms with van der Waals surface area (Å²) in [6.45, 7) is 4.73. The highest BCUT2D eigenvalue weighted by Crippen LogP contribution is 2.31. The van der Waals surface area contributed by atoms with Crippen LogP contribution in [0.15, 0.2) is 0 Å². The topological polar surface area (TPSA) is 92.4 Å². The van der Waals surface area contributed by atoms with Crippen LogP contribution in [0.25, 0.3) is 0 Å². The molecule has 4 N–H and O–H groups in total. The van der Waals surface area contributed by atoms with Gasteiger partial charge in [-0.2, -0.15) is 0 Å². The summed E-state index contributed by atoms with van der Waals surface area (Å²) in [4.78, 5) is 23.4. The van der Waals surface area contributed by atoms with Crippen molar-refractivity contribution in [1.82, 2.24) is 5.32 Å². The molecule has 0 aliphatic heterocycles. The summed E-state index contributed by atoms with van der Waals surface area (Å²) in [5.41, 5.74) is 5.20. The van der Waals surface area contributed by atoms with Crippen molar-refractivity contribution in [2.75, 3.05) is 6.54 Å². The number of rotatable bonds is 8. The number of aliphatic carboxylic acids is 1. The van der Waals surface area contributed by atoms with Gasteiger partial charge >= 0.3 is 5.97 Å². The lowest BCUT2D eigenvalue weighted by Gasteiger charge is -2.37. The summed E-state index contributed by atoms with van der Waals surface area (Å²) in [5, 5.41) is 12.1. The molecule has 1 rings (SSSR count). The lowest BCUT2D eigenvalue weighted by atomic mass is 9.79. The van der Waals surface area contributed by atoms with Gasteiger partial charge < -0.3 is 16.2 Å². The zero-order chi connectivity index (χ0) is 15.9. The minimum atomic E-state index is -0.838. The van der Waals surface area contributed by atoms with Gasteiger partial charge in [-0.15, -0.1) is 0 Å². The van der Waals surface area contributed by atoms with Crippen molar-refractivity contribution in [1.29, 1.82) is 0 Å². The van der Waals surface area contributed by atoms with Gasteiger partial charge in [0.1, 0.15) is 0 Å². The molecular weight excluding hydrogens is 268 g/mol. The van der Waals surface area contributed by atoms with Gasteiger partial charge in [-0.3, -0.25) is 9.59 Å². The van der Waals surface area contributed by atoms with Crippen LogP contribution in [-0.4, -0.2) is 29.1 Å². The Labute approximate surface area is 127 Å². The summed E-state index contributed by atoms with van der Waals surface area (Å²) in [5.74, 6) is -0.200. The standard InChI is InChI=1S/C16H30N2O3/c1-12(2)8-13(11-17)9-14(19)18-16(10-15(20)21)6-4-3-5-7-16/h12-13H,3-11,17H2,1-2H3,(H,18,19)(H,20,21). The number of carbonyl (C=O) groups excluding carboxylic acids is 1. The zero-order valence-electron chi connectivity index (χ0n) is 13.4. The molecule has 0 saturated heterocycles. The molecule has 5 nitrogen and oxygen atoms in total. The van der Waals surface area contributed by atoms with Gasteiger partial charge in [0.2, 0.25) is 5.91 Å². The molecule has 0 spiro atoms. The molecule has 0 heterocycles. The smallest absolute Gasteiger partial charge is 0.305 e. The lowest BCUT2D eigenvalue weighted by molar-refractivity contribution is -0.139. The van der Waals surface area contributed by atoms with Crippen LogP contribution in [-0.2, 0) is 9.59 Å². The SMILES string of the molecule is CC(C)CC(CN)CC(=O)NC1(CC(=O)O)CCCCC1. The maximum Gasteiger partial charge on any atom is 0.305 e. The molecule has 1 atom stereocenters. The minimum Gasteiger partial charge on any atom is -0.481 e. The van der Waals surface area contributed by atoms with E-state index in [1.54, 1.807) is 0 Å². The molecule has 0 bridgehead atoms. The summed E-state index contributed by atoms with van der Waals surface area (Å²) >= 11 is 0. The van der Waals surface area contributed by atoms with Crippen molar-refractivity contribution in [3.63, 3.8) is 0 Å². The fourth-order valence-electron chi connectivity index (χ4n) is 3.40. The second kappa shape index (κ2) is 8.37. The van der Waals surface area contributed by atoms with Crippen molar-refractivity contribution < 1.29 is 14.7 Å². The molecule has 21 heavy (non-hydrogen) atoms. The van der Waals surface area contributed by atoms with Crippen LogP contribution in [0.4, 0.5) is 0 Å². The Morgan fingerprint density at radius 1 is 1.24 bits per heavy atom. The molecule has 122 valence electrons. The van der Waals surface area contributed by atoms with Crippen molar-refractivity contribution in [2.24, 2.45) is 17.6 Å². The van der Waals surface area contributed by atoms with Gasteiger partial charge in [0, 0.05) is 6.42 Å². The molecule has 0 aromatic heterocycles. The highest BCUT2D eigenvalue weighted by atomic mass is 16.4. The van der Waals surface area contributed by atoms with Gasteiger partial charge in [-0.25, -0.2) is 0 Å². The molecule has 1 fully saturated rings. The fraction of sp³-hybridized carbons (Fsp3) is 0.875. The summed E-state index contributed by atoms with van der Waals surface area (Å²) in [6, 6.07) is 0. The van der Waals surface area contributed by atoms with E-state index in [2.05, 4.69) is 19.2 Å². The molecule has 0 radical (unpaired) electrons. The average molecular weight is 298 g/mol. The third-order valence-corrected chi connectivity index (χ3v) is 4.32. The van der Waals surface area contributed by atoms with Crippen LogP contribution in [0.5, 0.6) is 0 Å². The minimum absolute atomic E-state index is 0.0240. The van der Waals surface area contributed by atoms with E-state index in [0.717, 1.165) is 38.5 Å². The first kappa shape index (κ1) is 18.0. The first-order chi connectivity index (χ1) is 9.87. The molecule has 1 aliphatic rings. The van der Waals surface area contributed by atoms with Gasteiger partial charge in [0.25, 0.3) is 0 Å². The van der Waals surface area contributed by atoms with Crippen molar-refractivity contribution in [2.45, 2.75) is 70.8 Å². The van der Waals surface area contributed by atoms with E-state index in [-0.39, 0.29) is 18.2 Å². The fourth-order valence-corrected chi connectivity index (χ4v) is 3.40. The second-order valence-corrected chi connectivity index (χ2v) is 6.90. The molecule has 0 aromatic rings. The van der Waals surface area contributed by atoms with E-state index in [4.69, 9.17) is 10.8 Å². The molecule has 1 amide bonds. The van der Waals surface area contributed by atoms with E-state index in [9.17, 15) is 9.59 Å². The highest BCUT2D eigenvalue weighted by molar-refractivity contribution is 5.78. The summed E-state index contributed by atoms with van der Waals surface area (Å²) in [6.07, 6.45) is 5.98. The summed E-state index contributed by atoms with van der Waals surface area (Å²) < 4.78 is 0. The number of carbonyl (C=O) groups is 2. The van der Waals surface area contributed by atoms with Crippen molar-refractivity contribution in [3.05, 3.63) is 0 Å². The van der Waals surface area contributed by atoms with Gasteiger partial charge in [-0.1, -0.05) is 33.1 Å². The molecule has 5 heteroatoms. The molecule has 0 aromatic carbocycles. The number of nitrogens with one attached hydrogen (secondary N) is 1. The van der Waals surface area contributed by atoms with Crippen molar-refractivity contribution >= 4 is 11.9 Å². The molecular formula is C16H30N2O3. The number of carboxylic acid groups (broad SMARTS) is 1. The Bertz CT molecular complexity index is 349. The number of hydrogen-bond donors (Lipinski definition) is 3. The van der Waals surface area contributed by atoms with E-state index in [1.165, 1.54) is 0 Å². The number of hydrogen-bond acceptors (Lipinski definition) is 3. The van der Waals surface area contributed by atoms with Crippen molar-refractivity contribution in [3.8, 4) is 0 Å². The third kappa shape index (κ3) is 6.46. The summed E-state index contributed by atoms with van der Waals surface area (Å²) in [7, 11) is 0. The van der Waals surface area contributed by atoms with E-state index in [0.29, 0.717) is 18.9 Å². The average Bonchev–Trinajstić information content (AvgIpc) is 2.37. The predicted molar refractivity (Wildman–Crippen MR) is 82.8 cm³/mol. The Morgan fingerprint density at radius 3 is 2.33 bits per heavy atom. The Morgan fingerprint density at radius 2 is 1.86 bits per heavy atom. The Hall–Kier alpha value is -1.10. The van der Waals surface area contributed by atoms with Gasteiger partial charge in [-0.05, 0) is 37.6 Å². The van der Waals surface area contributed by atoms with Gasteiger partial charge in [0.15, 0.2) is 0 Å². The maximum absolute atomic E-state index is 12.3. The third-order valence-electron chi connectivity index (χ3n) is 4.32. The van der Waals surface area contributed by atoms with E-state index in [1.807, 2.05) is 0 Å². The lowest BCUT2D eigenvalue weighted by Crippen LogP contribution is -2.51. The highest BCUT2D eigenvalue weighted by Gasteiger charge is 2.36. The first-order valence-electron chi connectivity index (χ1n) is 8.10. The monoisotopic (exact) mass is 298 g/mol. The van der Waals surface area contributed by atoms with Crippen LogP contribution >= 0.6 is 0 Å². The predicted octanol–water partition coefficient (Wildman–Crippen LogP) is 2.29. The maximum atomic E-state index is 12.3. The zero-order valence-corrected chi connectivity index (χ0v) is 13.4. The molecule has 1 unspecified atom stereocenters. The van der Waals surface area contributed by atoms with Crippen LogP contribution in [0.2, 0.25) is 0 Å².